The van der Waals surface area contributed by atoms with Gasteiger partial charge in [-0.25, -0.2) is 8.78 Å². The van der Waals surface area contributed by atoms with Gasteiger partial charge in [-0.2, -0.15) is 0 Å². The number of benzene rings is 2. The Balaban J connectivity index is 1.39. The number of hydrogen-bond acceptors (Lipinski definition) is 2. The molecule has 0 unspecified atom stereocenters. The summed E-state index contributed by atoms with van der Waals surface area (Å²) in [6.07, 6.45) is 4.92. The molecule has 3 fully saturated rings. The molecule has 6 heteroatoms. The van der Waals surface area contributed by atoms with Crippen molar-refractivity contribution < 1.29 is 18.4 Å². The van der Waals surface area contributed by atoms with Crippen molar-refractivity contribution in [2.45, 2.75) is 56.3 Å². The summed E-state index contributed by atoms with van der Waals surface area (Å²) >= 11 is 0. The molecule has 1 spiro atoms. The van der Waals surface area contributed by atoms with E-state index in [-0.39, 0.29) is 34.8 Å². The van der Waals surface area contributed by atoms with Gasteiger partial charge in [-0.1, -0.05) is 43.2 Å². The minimum Gasteiger partial charge on any atom is -0.355 e. The predicted molar refractivity (Wildman–Crippen MR) is 122 cm³/mol. The highest BCUT2D eigenvalue weighted by molar-refractivity contribution is 5.89. The molecule has 0 bridgehead atoms. The summed E-state index contributed by atoms with van der Waals surface area (Å²) in [4.78, 5) is 28.1. The number of nitrogens with zero attached hydrogens (tertiary/aromatic N) is 1. The van der Waals surface area contributed by atoms with Crippen LogP contribution in [-0.2, 0) is 15.0 Å². The minimum absolute atomic E-state index is 0.00941. The number of amides is 2. The Morgan fingerprint density at radius 3 is 2.39 bits per heavy atom. The molecule has 2 amide bonds. The first-order chi connectivity index (χ1) is 15.9. The van der Waals surface area contributed by atoms with Crippen LogP contribution in [0.5, 0.6) is 0 Å². The van der Waals surface area contributed by atoms with E-state index < -0.39 is 5.41 Å². The number of piperidine rings is 2. The van der Waals surface area contributed by atoms with Crippen molar-refractivity contribution in [1.82, 2.24) is 10.2 Å². The Hall–Kier alpha value is -2.76. The Morgan fingerprint density at radius 1 is 0.970 bits per heavy atom. The van der Waals surface area contributed by atoms with Crippen LogP contribution in [0.2, 0.25) is 0 Å². The Labute approximate surface area is 193 Å². The summed E-state index contributed by atoms with van der Waals surface area (Å²) in [5.41, 5.74) is 0.325. The van der Waals surface area contributed by atoms with E-state index in [0.717, 1.165) is 18.4 Å². The summed E-state index contributed by atoms with van der Waals surface area (Å²) in [5, 5.41) is 2.95. The molecule has 2 saturated heterocycles. The van der Waals surface area contributed by atoms with Crippen LogP contribution in [-0.4, -0.2) is 36.3 Å². The molecule has 1 atom stereocenters. The lowest BCUT2D eigenvalue weighted by atomic mass is 9.62. The van der Waals surface area contributed by atoms with Gasteiger partial charge in [0.15, 0.2) is 0 Å². The maximum Gasteiger partial charge on any atom is 0.233 e. The number of rotatable bonds is 3. The lowest BCUT2D eigenvalue weighted by molar-refractivity contribution is -0.141. The van der Waals surface area contributed by atoms with Crippen LogP contribution in [0.4, 0.5) is 8.78 Å². The normalized spacial score (nSPS) is 24.0. The van der Waals surface area contributed by atoms with Gasteiger partial charge in [0, 0.05) is 37.5 Å². The van der Waals surface area contributed by atoms with Crippen molar-refractivity contribution in [1.29, 1.82) is 0 Å². The lowest BCUT2D eigenvalue weighted by Crippen LogP contribution is -2.55. The van der Waals surface area contributed by atoms with Crippen LogP contribution in [0.15, 0.2) is 48.5 Å². The molecule has 4 nitrogen and oxygen atoms in total. The van der Waals surface area contributed by atoms with Gasteiger partial charge in [-0.05, 0) is 54.9 Å². The fourth-order valence-electron chi connectivity index (χ4n) is 6.54. The number of nitrogens with one attached hydrogen (secondary N) is 1. The zero-order chi connectivity index (χ0) is 23.1. The van der Waals surface area contributed by atoms with E-state index in [1.807, 2.05) is 11.0 Å². The van der Waals surface area contributed by atoms with Gasteiger partial charge in [0.05, 0.1) is 5.41 Å². The summed E-state index contributed by atoms with van der Waals surface area (Å²) in [5.74, 6) is -0.546. The maximum absolute atomic E-state index is 14.8. The number of likely N-dealkylation sites (tertiary alicyclic amines) is 1. The van der Waals surface area contributed by atoms with Gasteiger partial charge >= 0.3 is 0 Å². The summed E-state index contributed by atoms with van der Waals surface area (Å²) in [6, 6.07) is 13.3. The SMILES string of the molecule is O=C1CC2(CCN(C(=O)C3(c4ccccc4F)CCCC3)CC2)[C@@H](c2cccc(F)c2)CN1. The number of halogens is 2. The molecule has 33 heavy (non-hydrogen) atoms. The van der Waals surface area contributed by atoms with Gasteiger partial charge in [-0.15, -0.1) is 0 Å². The smallest absolute Gasteiger partial charge is 0.233 e. The first-order valence-electron chi connectivity index (χ1n) is 12.0. The van der Waals surface area contributed by atoms with Crippen LogP contribution in [0.25, 0.3) is 0 Å². The van der Waals surface area contributed by atoms with Crippen LogP contribution in [0, 0.1) is 17.0 Å². The van der Waals surface area contributed by atoms with E-state index in [1.54, 1.807) is 30.3 Å². The number of carbonyl (C=O) groups is 2. The van der Waals surface area contributed by atoms with Crippen molar-refractivity contribution >= 4 is 11.8 Å². The third kappa shape index (κ3) is 3.83. The standard InChI is InChI=1S/C27H30F2N2O2/c28-20-7-5-6-19(16-20)22-18-30-24(32)17-26(22)12-14-31(15-13-26)25(33)27(10-3-4-11-27)21-8-1-2-9-23(21)29/h1-2,5-9,16,22H,3-4,10-15,17-18H2,(H,30,32)/t22-/m1/s1. The molecular formula is C27H30F2N2O2. The highest BCUT2D eigenvalue weighted by Gasteiger charge is 2.51. The number of carbonyl (C=O) groups excluding carboxylic acids is 2. The highest BCUT2D eigenvalue weighted by Crippen LogP contribution is 2.50. The van der Waals surface area contributed by atoms with Crippen molar-refractivity contribution in [3.8, 4) is 0 Å². The average Bonchev–Trinajstić information content (AvgIpc) is 3.30. The molecular weight excluding hydrogens is 422 g/mol. The second-order valence-corrected chi connectivity index (χ2v) is 10.0. The summed E-state index contributed by atoms with van der Waals surface area (Å²) in [7, 11) is 0. The predicted octanol–water partition coefficient (Wildman–Crippen LogP) is 4.69. The van der Waals surface area contributed by atoms with Crippen molar-refractivity contribution in [3.63, 3.8) is 0 Å². The van der Waals surface area contributed by atoms with Crippen LogP contribution < -0.4 is 5.32 Å². The molecule has 0 aromatic heterocycles. The number of hydrogen-bond donors (Lipinski definition) is 1. The third-order valence-electron chi connectivity index (χ3n) is 8.31. The Kier molecular flexibility index (Phi) is 5.71. The van der Waals surface area contributed by atoms with Crippen molar-refractivity contribution in [3.05, 3.63) is 71.3 Å². The molecule has 2 aliphatic heterocycles. The molecule has 2 aromatic rings. The molecule has 1 N–H and O–H groups in total. The van der Waals surface area contributed by atoms with Crippen molar-refractivity contribution in [2.24, 2.45) is 5.41 Å². The van der Waals surface area contributed by atoms with Crippen LogP contribution >= 0.6 is 0 Å². The first-order valence-corrected chi connectivity index (χ1v) is 12.0. The van der Waals surface area contributed by atoms with E-state index in [9.17, 15) is 18.4 Å². The van der Waals surface area contributed by atoms with E-state index >= 15 is 0 Å². The topological polar surface area (TPSA) is 49.4 Å². The van der Waals surface area contributed by atoms with Crippen LogP contribution in [0.3, 0.4) is 0 Å². The van der Waals surface area contributed by atoms with Crippen molar-refractivity contribution in [2.75, 3.05) is 19.6 Å². The van der Waals surface area contributed by atoms with E-state index in [1.165, 1.54) is 12.1 Å². The molecule has 2 aromatic carbocycles. The zero-order valence-corrected chi connectivity index (χ0v) is 18.8. The first kappa shape index (κ1) is 22.1. The second kappa shape index (κ2) is 8.54. The van der Waals surface area contributed by atoms with Gasteiger partial charge in [0.1, 0.15) is 11.6 Å². The fourth-order valence-corrected chi connectivity index (χ4v) is 6.54. The highest BCUT2D eigenvalue weighted by atomic mass is 19.1. The molecule has 1 aliphatic carbocycles. The Bertz CT molecular complexity index is 1060. The lowest BCUT2D eigenvalue weighted by Gasteiger charge is -2.50. The van der Waals surface area contributed by atoms with E-state index in [0.29, 0.717) is 57.3 Å². The average molecular weight is 453 g/mol. The molecule has 174 valence electrons. The van der Waals surface area contributed by atoms with Gasteiger partial charge in [0.25, 0.3) is 0 Å². The van der Waals surface area contributed by atoms with E-state index in [2.05, 4.69) is 5.32 Å². The fraction of sp³-hybridized carbons (Fsp3) is 0.481. The van der Waals surface area contributed by atoms with Gasteiger partial charge in [-0.3, -0.25) is 9.59 Å². The quantitative estimate of drug-likeness (QED) is 0.735. The Morgan fingerprint density at radius 2 is 1.70 bits per heavy atom. The molecule has 1 saturated carbocycles. The zero-order valence-electron chi connectivity index (χ0n) is 18.8. The van der Waals surface area contributed by atoms with Gasteiger partial charge in [0.2, 0.25) is 11.8 Å². The molecule has 5 rings (SSSR count). The third-order valence-corrected chi connectivity index (χ3v) is 8.31. The second-order valence-electron chi connectivity index (χ2n) is 10.0. The molecule has 0 radical (unpaired) electrons. The monoisotopic (exact) mass is 452 g/mol. The molecule has 3 aliphatic rings. The largest absolute Gasteiger partial charge is 0.355 e. The summed E-state index contributed by atoms with van der Waals surface area (Å²) in [6.45, 7) is 1.55. The maximum atomic E-state index is 14.8. The minimum atomic E-state index is -0.790. The summed E-state index contributed by atoms with van der Waals surface area (Å²) < 4.78 is 28.7. The van der Waals surface area contributed by atoms with Gasteiger partial charge < -0.3 is 10.2 Å². The van der Waals surface area contributed by atoms with E-state index in [4.69, 9.17) is 0 Å². The van der Waals surface area contributed by atoms with Crippen LogP contribution in [0.1, 0.15) is 62.0 Å². The molecule has 2 heterocycles.